The fourth-order valence-corrected chi connectivity index (χ4v) is 7.34. The Morgan fingerprint density at radius 1 is 0.692 bits per heavy atom. The number of carbonyl (C=O) groups excluding carboxylic acids is 4. The molecule has 0 aliphatic carbocycles. The summed E-state index contributed by atoms with van der Waals surface area (Å²) in [6.07, 6.45) is -2.93. The van der Waals surface area contributed by atoms with E-state index in [0.717, 1.165) is 22.4 Å². The van der Waals surface area contributed by atoms with E-state index in [9.17, 15) is 24.3 Å². The molecule has 0 radical (unpaired) electrons. The summed E-state index contributed by atoms with van der Waals surface area (Å²) in [7, 11) is 0. The van der Waals surface area contributed by atoms with Gasteiger partial charge in [-0.2, -0.15) is 0 Å². The van der Waals surface area contributed by atoms with Gasteiger partial charge in [-0.25, -0.2) is 19.2 Å². The first-order valence-corrected chi connectivity index (χ1v) is 21.4. The number of aromatic amines is 1. The van der Waals surface area contributed by atoms with E-state index in [4.69, 9.17) is 28.4 Å². The van der Waals surface area contributed by atoms with Crippen molar-refractivity contribution in [1.29, 1.82) is 0 Å². The summed E-state index contributed by atoms with van der Waals surface area (Å²) in [5.41, 5.74) is 5.16. The first-order chi connectivity index (χ1) is 31.6. The van der Waals surface area contributed by atoms with Crippen molar-refractivity contribution in [3.05, 3.63) is 196 Å². The molecular formula is C52H50N2O11. The minimum atomic E-state index is -1.61. The summed E-state index contributed by atoms with van der Waals surface area (Å²) in [6.45, 7) is 5.56. The molecule has 6 aromatic rings. The van der Waals surface area contributed by atoms with Crippen LogP contribution in [0, 0.1) is 6.92 Å². The molecule has 0 saturated carbocycles. The van der Waals surface area contributed by atoms with Crippen LogP contribution in [0.2, 0.25) is 0 Å². The third kappa shape index (κ3) is 11.6. The Kier molecular flexibility index (Phi) is 15.3. The van der Waals surface area contributed by atoms with Crippen molar-refractivity contribution in [3.8, 4) is 5.88 Å². The Hall–Kier alpha value is -7.35. The highest BCUT2D eigenvalue weighted by atomic mass is 16.7. The summed E-state index contributed by atoms with van der Waals surface area (Å²) in [5, 5.41) is 17.0. The van der Waals surface area contributed by atoms with Gasteiger partial charge in [-0.05, 0) is 84.5 Å². The largest absolute Gasteiger partial charge is 0.459 e. The molecule has 5 atom stereocenters. The molecule has 1 aliphatic rings. The Bertz CT molecular complexity index is 2560. The quantitative estimate of drug-likeness (QED) is 0.0662. The van der Waals surface area contributed by atoms with Crippen molar-refractivity contribution in [2.24, 2.45) is 0 Å². The second-order valence-corrected chi connectivity index (χ2v) is 15.7. The normalized spacial score (nSPS) is 18.2. The number of aliphatic hydroxyl groups excluding tert-OH is 1. The Labute approximate surface area is 376 Å². The van der Waals surface area contributed by atoms with Crippen LogP contribution in [0.15, 0.2) is 146 Å². The number of ether oxygens (including phenoxy) is 6. The van der Waals surface area contributed by atoms with Crippen LogP contribution >= 0.6 is 0 Å². The van der Waals surface area contributed by atoms with Crippen LogP contribution in [-0.2, 0) is 30.1 Å². The summed E-state index contributed by atoms with van der Waals surface area (Å²) < 4.78 is 37.8. The molecule has 13 heteroatoms. The number of nitrogens with one attached hydrogen (secondary N) is 1. The van der Waals surface area contributed by atoms with Crippen molar-refractivity contribution < 1.29 is 52.7 Å². The molecule has 7 rings (SSSR count). The fraction of sp³-hybridized carbons (Fsp3) is 0.250. The van der Waals surface area contributed by atoms with Crippen LogP contribution in [0.5, 0.6) is 5.88 Å². The number of carbonyl (C=O) groups is 4. The topological polar surface area (TPSA) is 173 Å². The van der Waals surface area contributed by atoms with Gasteiger partial charge < -0.3 is 33.5 Å². The van der Waals surface area contributed by atoms with Crippen LogP contribution in [0.25, 0.3) is 6.08 Å². The van der Waals surface area contributed by atoms with Crippen molar-refractivity contribution in [1.82, 2.24) is 10.2 Å². The molecule has 2 N–H and O–H groups in total. The first-order valence-electron chi connectivity index (χ1n) is 21.4. The zero-order valence-electron chi connectivity index (χ0n) is 36.2. The van der Waals surface area contributed by atoms with Crippen LogP contribution in [-0.4, -0.2) is 83.1 Å². The minimum absolute atomic E-state index is 0.0404. The van der Waals surface area contributed by atoms with Gasteiger partial charge >= 0.3 is 23.9 Å². The number of hydrogen-bond acceptors (Lipinski definition) is 12. The molecule has 13 nitrogen and oxygen atoms in total. The number of aryl methyl sites for hydroxylation is 1. The second-order valence-electron chi connectivity index (χ2n) is 15.7. The number of benzene rings is 5. The second kappa shape index (κ2) is 21.8. The van der Waals surface area contributed by atoms with Gasteiger partial charge in [-0.15, -0.1) is 5.10 Å². The monoisotopic (exact) mass is 878 g/mol. The highest BCUT2D eigenvalue weighted by molar-refractivity contribution is 5.91. The predicted molar refractivity (Wildman–Crippen MR) is 240 cm³/mol. The van der Waals surface area contributed by atoms with E-state index in [0.29, 0.717) is 18.4 Å². The highest BCUT2D eigenvalue weighted by Crippen LogP contribution is 2.35. The fourth-order valence-electron chi connectivity index (χ4n) is 7.34. The smallest absolute Gasteiger partial charge is 0.338 e. The van der Waals surface area contributed by atoms with Gasteiger partial charge in [0, 0.05) is 24.3 Å². The average molecular weight is 879 g/mol. The summed E-state index contributed by atoms with van der Waals surface area (Å²) >= 11 is 0. The van der Waals surface area contributed by atoms with Gasteiger partial charge in [-0.3, -0.25) is 5.10 Å². The average Bonchev–Trinajstić information content (AvgIpc) is 3.73. The summed E-state index contributed by atoms with van der Waals surface area (Å²) in [4.78, 5) is 55.5. The third-order valence-corrected chi connectivity index (χ3v) is 10.7. The molecule has 0 unspecified atom stereocenters. The maximum absolute atomic E-state index is 14.1. The van der Waals surface area contributed by atoms with Gasteiger partial charge in [-0.1, -0.05) is 117 Å². The lowest BCUT2D eigenvalue weighted by Crippen LogP contribution is -2.64. The van der Waals surface area contributed by atoms with Crippen LogP contribution in [0.1, 0.15) is 95.6 Å². The Morgan fingerprint density at radius 3 is 1.71 bits per heavy atom. The maximum atomic E-state index is 14.1. The number of aromatic nitrogens is 2. The van der Waals surface area contributed by atoms with Crippen molar-refractivity contribution in [3.63, 3.8) is 0 Å². The molecule has 2 heterocycles. The molecule has 1 fully saturated rings. The van der Waals surface area contributed by atoms with E-state index in [1.54, 1.807) is 121 Å². The molecule has 0 bridgehead atoms. The lowest BCUT2D eigenvalue weighted by molar-refractivity contribution is -0.276. The zero-order valence-corrected chi connectivity index (χ0v) is 36.2. The number of nitrogens with zero attached hydrogens (tertiary/aromatic N) is 1. The third-order valence-electron chi connectivity index (χ3n) is 10.7. The zero-order chi connectivity index (χ0) is 45.7. The molecule has 5 aromatic carbocycles. The number of rotatable bonds is 17. The van der Waals surface area contributed by atoms with Crippen molar-refractivity contribution in [2.75, 3.05) is 13.2 Å². The Balaban J connectivity index is 1.32. The van der Waals surface area contributed by atoms with Crippen molar-refractivity contribution in [2.45, 2.75) is 70.2 Å². The van der Waals surface area contributed by atoms with Gasteiger partial charge in [0.05, 0.1) is 22.3 Å². The molecule has 334 valence electrons. The van der Waals surface area contributed by atoms with Gasteiger partial charge in [0.2, 0.25) is 18.3 Å². The summed E-state index contributed by atoms with van der Waals surface area (Å²) in [5.74, 6) is -3.08. The van der Waals surface area contributed by atoms with Gasteiger partial charge in [0.15, 0.2) is 12.2 Å². The van der Waals surface area contributed by atoms with E-state index in [1.165, 1.54) is 0 Å². The molecule has 0 spiro atoms. The molecule has 1 aromatic heterocycles. The molecular weight excluding hydrogens is 829 g/mol. The van der Waals surface area contributed by atoms with Gasteiger partial charge in [0.25, 0.3) is 0 Å². The number of esters is 4. The maximum Gasteiger partial charge on any atom is 0.338 e. The SMILES string of the molecule is Cc1cc(/C=C/CCO)ccc1Cc1c(O[C@H]2O[C@@H](COC(=O)c3ccccc3)[C@H](OC(=O)c3ccccc3)[C@@H](OC(=O)c3ccccc3)[C@@H]2OC(=O)c2ccccc2)n[nH]c1C(C)C. The van der Waals surface area contributed by atoms with Crippen molar-refractivity contribution >= 4 is 30.0 Å². The molecule has 0 amide bonds. The van der Waals surface area contributed by atoms with Crippen LogP contribution < -0.4 is 4.74 Å². The highest BCUT2D eigenvalue weighted by Gasteiger charge is 2.54. The van der Waals surface area contributed by atoms with E-state index in [2.05, 4.69) is 10.2 Å². The molecule has 1 saturated heterocycles. The number of hydrogen-bond donors (Lipinski definition) is 2. The lowest BCUT2D eigenvalue weighted by Gasteiger charge is -2.44. The number of aliphatic hydroxyl groups is 1. The first kappa shape index (κ1) is 45.7. The number of H-pyrrole nitrogens is 1. The van der Waals surface area contributed by atoms with E-state index in [-0.39, 0.29) is 40.7 Å². The lowest BCUT2D eigenvalue weighted by atomic mass is 9.95. The molecule has 1 aliphatic heterocycles. The minimum Gasteiger partial charge on any atom is -0.459 e. The van der Waals surface area contributed by atoms with E-state index < -0.39 is 61.2 Å². The standard InChI is InChI=1S/C52H50N2O11/c1-33(2)43-41(31-40-28-27-35(30-34(40)3)18-16-17-29-55)47(54-53-43)65-52-46(64-51(59)39-25-14-7-15-26-39)45(63-50(58)38-23-12-6-13-24-38)44(62-49(57)37-21-10-5-11-22-37)42(61-52)32-60-48(56)36-19-8-4-9-20-36/h4-16,18-28,30,33,42,44-46,52,55H,17,29,31-32H2,1-3H3,(H,53,54)/b18-16+/t42-,44-,45+,46-,52+/m0/s1. The van der Waals surface area contributed by atoms with Gasteiger partial charge in [0.1, 0.15) is 12.7 Å². The summed E-state index contributed by atoms with van der Waals surface area (Å²) in [6, 6.07) is 38.8. The predicted octanol–water partition coefficient (Wildman–Crippen LogP) is 8.47. The van der Waals surface area contributed by atoms with E-state index in [1.807, 2.05) is 51.1 Å². The van der Waals surface area contributed by atoms with Crippen LogP contribution in [0.3, 0.4) is 0 Å². The molecule has 65 heavy (non-hydrogen) atoms. The Morgan fingerprint density at radius 2 is 1.20 bits per heavy atom. The van der Waals surface area contributed by atoms with Crippen LogP contribution in [0.4, 0.5) is 0 Å². The van der Waals surface area contributed by atoms with E-state index >= 15 is 0 Å².